The second-order valence-corrected chi connectivity index (χ2v) is 8.51. The lowest BCUT2D eigenvalue weighted by Crippen LogP contribution is -2.01. The first-order valence-electron chi connectivity index (χ1n) is 8.78. The summed E-state index contributed by atoms with van der Waals surface area (Å²) in [5, 5.41) is 12.2. The first kappa shape index (κ1) is 18.2. The van der Waals surface area contributed by atoms with E-state index in [2.05, 4.69) is 78.2 Å². The monoisotopic (exact) mass is 371 g/mol. The lowest BCUT2D eigenvalue weighted by molar-refractivity contribution is 0.626. The van der Waals surface area contributed by atoms with Crippen molar-refractivity contribution >= 4 is 23.1 Å². The van der Waals surface area contributed by atoms with Crippen LogP contribution in [0, 0.1) is 6.92 Å². The molecular formula is C20H25N3S2. The number of aryl methyl sites for hydroxylation is 1. The molecule has 5 heteroatoms. The summed E-state index contributed by atoms with van der Waals surface area (Å²) in [6.45, 7) is 9.73. The molecule has 0 spiro atoms. The summed E-state index contributed by atoms with van der Waals surface area (Å²) in [6.07, 6.45) is 1.07. The minimum atomic E-state index is 0.552. The third kappa shape index (κ3) is 4.33. The van der Waals surface area contributed by atoms with E-state index in [9.17, 15) is 0 Å². The van der Waals surface area contributed by atoms with Gasteiger partial charge in [-0.3, -0.25) is 0 Å². The molecule has 0 bridgehead atoms. The van der Waals surface area contributed by atoms with E-state index in [0.717, 1.165) is 29.7 Å². The Morgan fingerprint density at radius 3 is 2.56 bits per heavy atom. The molecule has 0 aliphatic rings. The Balaban J connectivity index is 1.82. The largest absolute Gasteiger partial charge is 0.302 e. The number of hydrogen-bond donors (Lipinski definition) is 0. The Kier molecular flexibility index (Phi) is 5.97. The van der Waals surface area contributed by atoms with Crippen molar-refractivity contribution < 1.29 is 0 Å². The average molecular weight is 372 g/mol. The molecule has 2 aromatic heterocycles. The number of nitrogens with zero attached hydrogens (tertiary/aromatic N) is 3. The standard InChI is InChI=1S/C20H25N3S2/c1-5-10-23-19(17-11-18(14(2)3)24-13-17)21-22-20(23)25-12-16-8-6-15(4)7-9-16/h6-9,11,13-14H,5,10,12H2,1-4H3. The summed E-state index contributed by atoms with van der Waals surface area (Å²) in [4.78, 5) is 1.40. The highest BCUT2D eigenvalue weighted by Crippen LogP contribution is 2.32. The van der Waals surface area contributed by atoms with Gasteiger partial charge in [0.25, 0.3) is 0 Å². The van der Waals surface area contributed by atoms with Gasteiger partial charge in [0, 0.05) is 28.1 Å². The summed E-state index contributed by atoms with van der Waals surface area (Å²) in [5.41, 5.74) is 3.81. The van der Waals surface area contributed by atoms with Gasteiger partial charge in [0.15, 0.2) is 11.0 Å². The fraction of sp³-hybridized carbons (Fsp3) is 0.400. The molecule has 0 saturated carbocycles. The maximum absolute atomic E-state index is 4.50. The second-order valence-electron chi connectivity index (χ2n) is 6.62. The van der Waals surface area contributed by atoms with Crippen molar-refractivity contribution in [3.8, 4) is 11.4 Å². The van der Waals surface area contributed by atoms with E-state index in [0.29, 0.717) is 5.92 Å². The highest BCUT2D eigenvalue weighted by atomic mass is 32.2. The van der Waals surface area contributed by atoms with Gasteiger partial charge in [-0.15, -0.1) is 21.5 Å². The maximum atomic E-state index is 4.50. The zero-order valence-corrected chi connectivity index (χ0v) is 17.0. The number of hydrogen-bond acceptors (Lipinski definition) is 4. The van der Waals surface area contributed by atoms with Crippen LogP contribution >= 0.6 is 23.1 Å². The van der Waals surface area contributed by atoms with E-state index < -0.39 is 0 Å². The number of aromatic nitrogens is 3. The lowest BCUT2D eigenvalue weighted by atomic mass is 10.1. The van der Waals surface area contributed by atoms with Gasteiger partial charge in [-0.2, -0.15) is 0 Å². The normalized spacial score (nSPS) is 11.4. The van der Waals surface area contributed by atoms with Gasteiger partial charge in [0.05, 0.1) is 0 Å². The van der Waals surface area contributed by atoms with Crippen molar-refractivity contribution in [2.75, 3.05) is 0 Å². The molecule has 132 valence electrons. The molecule has 0 amide bonds. The zero-order valence-electron chi connectivity index (χ0n) is 15.3. The molecule has 0 unspecified atom stereocenters. The predicted molar refractivity (Wildman–Crippen MR) is 108 cm³/mol. The molecule has 25 heavy (non-hydrogen) atoms. The van der Waals surface area contributed by atoms with E-state index >= 15 is 0 Å². The Bertz CT molecular complexity index is 816. The molecule has 2 heterocycles. The fourth-order valence-corrected chi connectivity index (χ4v) is 4.46. The summed E-state index contributed by atoms with van der Waals surface area (Å²) in [6, 6.07) is 11.0. The van der Waals surface area contributed by atoms with Crippen LogP contribution in [0.2, 0.25) is 0 Å². The van der Waals surface area contributed by atoms with E-state index in [4.69, 9.17) is 0 Å². The molecule has 0 aliphatic carbocycles. The van der Waals surface area contributed by atoms with Crippen molar-refractivity contribution in [1.82, 2.24) is 14.8 Å². The van der Waals surface area contributed by atoms with Gasteiger partial charge < -0.3 is 4.57 Å². The van der Waals surface area contributed by atoms with Crippen LogP contribution in [0.3, 0.4) is 0 Å². The van der Waals surface area contributed by atoms with Gasteiger partial charge in [0.2, 0.25) is 0 Å². The van der Waals surface area contributed by atoms with E-state index in [1.54, 1.807) is 11.8 Å². The van der Waals surface area contributed by atoms with Crippen molar-refractivity contribution in [1.29, 1.82) is 0 Å². The summed E-state index contributed by atoms with van der Waals surface area (Å²) < 4.78 is 2.27. The molecule has 3 nitrogen and oxygen atoms in total. The molecule has 3 rings (SSSR count). The number of thiophene rings is 1. The van der Waals surface area contributed by atoms with Crippen LogP contribution in [-0.4, -0.2) is 14.8 Å². The molecular weight excluding hydrogens is 346 g/mol. The topological polar surface area (TPSA) is 30.7 Å². The molecule has 0 atom stereocenters. The average Bonchev–Trinajstić information content (AvgIpc) is 3.22. The van der Waals surface area contributed by atoms with Crippen LogP contribution in [0.4, 0.5) is 0 Å². The van der Waals surface area contributed by atoms with Crippen molar-refractivity contribution in [3.05, 3.63) is 51.7 Å². The van der Waals surface area contributed by atoms with Gasteiger partial charge in [-0.1, -0.05) is 62.4 Å². The Labute approximate surface area is 158 Å². The third-order valence-electron chi connectivity index (χ3n) is 4.10. The van der Waals surface area contributed by atoms with Crippen LogP contribution in [0.5, 0.6) is 0 Å². The van der Waals surface area contributed by atoms with Gasteiger partial charge in [0.1, 0.15) is 0 Å². The first-order chi connectivity index (χ1) is 12.1. The van der Waals surface area contributed by atoms with Crippen LogP contribution in [-0.2, 0) is 12.3 Å². The zero-order chi connectivity index (χ0) is 17.8. The second kappa shape index (κ2) is 8.19. The van der Waals surface area contributed by atoms with Crippen LogP contribution in [0.15, 0.2) is 40.9 Å². The minimum absolute atomic E-state index is 0.552. The smallest absolute Gasteiger partial charge is 0.191 e. The highest BCUT2D eigenvalue weighted by molar-refractivity contribution is 7.98. The summed E-state index contributed by atoms with van der Waals surface area (Å²) in [7, 11) is 0. The van der Waals surface area contributed by atoms with Gasteiger partial charge in [-0.25, -0.2) is 0 Å². The Morgan fingerprint density at radius 1 is 1.16 bits per heavy atom. The van der Waals surface area contributed by atoms with E-state index in [1.165, 1.54) is 21.6 Å². The molecule has 0 fully saturated rings. The van der Waals surface area contributed by atoms with E-state index in [1.807, 2.05) is 11.3 Å². The molecule has 0 N–H and O–H groups in total. The van der Waals surface area contributed by atoms with E-state index in [-0.39, 0.29) is 0 Å². The van der Waals surface area contributed by atoms with Gasteiger partial charge in [-0.05, 0) is 30.9 Å². The summed E-state index contributed by atoms with van der Waals surface area (Å²) >= 11 is 3.58. The van der Waals surface area contributed by atoms with Crippen molar-refractivity contribution in [3.63, 3.8) is 0 Å². The van der Waals surface area contributed by atoms with Crippen molar-refractivity contribution in [2.45, 2.75) is 57.5 Å². The van der Waals surface area contributed by atoms with Gasteiger partial charge >= 0.3 is 0 Å². The summed E-state index contributed by atoms with van der Waals surface area (Å²) in [5.74, 6) is 2.47. The first-order valence-corrected chi connectivity index (χ1v) is 10.6. The molecule has 0 radical (unpaired) electrons. The Hall–Kier alpha value is -1.59. The van der Waals surface area contributed by atoms with Crippen LogP contribution < -0.4 is 0 Å². The quantitative estimate of drug-likeness (QED) is 0.467. The molecule has 0 aliphatic heterocycles. The van der Waals surface area contributed by atoms with Crippen LogP contribution in [0.25, 0.3) is 11.4 Å². The minimum Gasteiger partial charge on any atom is -0.302 e. The lowest BCUT2D eigenvalue weighted by Gasteiger charge is -2.08. The SMILES string of the molecule is CCCn1c(SCc2ccc(C)cc2)nnc1-c1csc(C(C)C)c1. The maximum Gasteiger partial charge on any atom is 0.191 e. The highest BCUT2D eigenvalue weighted by Gasteiger charge is 2.16. The number of benzene rings is 1. The van der Waals surface area contributed by atoms with Crippen molar-refractivity contribution in [2.24, 2.45) is 0 Å². The fourth-order valence-electron chi connectivity index (χ4n) is 2.64. The Morgan fingerprint density at radius 2 is 1.92 bits per heavy atom. The molecule has 0 saturated heterocycles. The third-order valence-corrected chi connectivity index (χ3v) is 6.37. The number of thioether (sulfide) groups is 1. The van der Waals surface area contributed by atoms with Crippen LogP contribution in [0.1, 0.15) is 49.1 Å². The molecule has 1 aromatic carbocycles. The molecule has 3 aromatic rings. The number of rotatable bonds is 7. The predicted octanol–water partition coefficient (Wildman–Crippen LogP) is 6.14.